The number of nitrogens with zero attached hydrogens (tertiary/aromatic N) is 3. The third kappa shape index (κ3) is 6.84. The van der Waals surface area contributed by atoms with Crippen molar-refractivity contribution < 1.29 is 19.3 Å². The lowest BCUT2D eigenvalue weighted by molar-refractivity contribution is -0.0573. The van der Waals surface area contributed by atoms with Gasteiger partial charge in [-0.05, 0) is 64.8 Å². The molecule has 1 N–H and O–H groups in total. The van der Waals surface area contributed by atoms with Crippen molar-refractivity contribution in [2.45, 2.75) is 64.8 Å². The fraction of sp³-hybridized carbons (Fsp3) is 0.464. The monoisotopic (exact) mass is 479 g/mol. The van der Waals surface area contributed by atoms with Gasteiger partial charge in [0, 0.05) is 25.2 Å². The first kappa shape index (κ1) is 25.2. The minimum absolute atomic E-state index is 0.281. The Labute approximate surface area is 208 Å². The van der Waals surface area contributed by atoms with Crippen LogP contribution in [0.1, 0.15) is 44.9 Å². The van der Waals surface area contributed by atoms with Crippen molar-refractivity contribution in [1.82, 2.24) is 14.7 Å². The molecule has 0 bridgehead atoms. The molecule has 0 radical (unpaired) electrons. The molecule has 3 aromatic rings. The fourth-order valence-corrected chi connectivity index (χ4v) is 4.00. The predicted octanol–water partition coefficient (Wildman–Crippen LogP) is 5.12. The van der Waals surface area contributed by atoms with Crippen molar-refractivity contribution in [3.05, 3.63) is 65.9 Å². The van der Waals surface area contributed by atoms with Crippen molar-refractivity contribution in [3.63, 3.8) is 0 Å². The van der Waals surface area contributed by atoms with E-state index in [1.54, 1.807) is 7.11 Å². The van der Waals surface area contributed by atoms with Gasteiger partial charge in [-0.25, -0.2) is 4.68 Å². The summed E-state index contributed by atoms with van der Waals surface area (Å²) in [5, 5.41) is 15.6. The summed E-state index contributed by atoms with van der Waals surface area (Å²) >= 11 is 0. The van der Waals surface area contributed by atoms with E-state index < -0.39 is 6.10 Å². The minimum atomic E-state index is -0.568. The number of aliphatic hydroxyl groups excluding tert-OH is 1. The van der Waals surface area contributed by atoms with Gasteiger partial charge >= 0.3 is 0 Å². The second kappa shape index (κ2) is 10.8. The summed E-state index contributed by atoms with van der Waals surface area (Å²) in [6, 6.07) is 18.0. The lowest BCUT2D eigenvalue weighted by atomic mass is 10.2. The van der Waals surface area contributed by atoms with Crippen molar-refractivity contribution in [2.24, 2.45) is 0 Å². The number of hydrogen-bond acceptors (Lipinski definition) is 6. The van der Waals surface area contributed by atoms with Crippen LogP contribution in [0.2, 0.25) is 0 Å². The van der Waals surface area contributed by atoms with E-state index >= 15 is 0 Å². The predicted molar refractivity (Wildman–Crippen MR) is 137 cm³/mol. The summed E-state index contributed by atoms with van der Waals surface area (Å²) in [6.45, 7) is 9.50. The summed E-state index contributed by atoms with van der Waals surface area (Å²) in [7, 11) is 1.64. The molecule has 0 saturated heterocycles. The van der Waals surface area contributed by atoms with Gasteiger partial charge in [0.1, 0.15) is 11.5 Å². The first-order valence-corrected chi connectivity index (χ1v) is 12.3. The van der Waals surface area contributed by atoms with Crippen LogP contribution in [0.3, 0.4) is 0 Å². The van der Waals surface area contributed by atoms with Gasteiger partial charge in [-0.15, -0.1) is 0 Å². The van der Waals surface area contributed by atoms with Gasteiger partial charge in [0.25, 0.3) is 0 Å². The Morgan fingerprint density at radius 3 is 2.46 bits per heavy atom. The van der Waals surface area contributed by atoms with Crippen molar-refractivity contribution in [2.75, 3.05) is 20.3 Å². The molecule has 7 nitrogen and oxygen atoms in total. The van der Waals surface area contributed by atoms with E-state index in [0.717, 1.165) is 35.5 Å². The molecule has 1 aromatic heterocycles. The molecule has 188 valence electrons. The van der Waals surface area contributed by atoms with Crippen molar-refractivity contribution in [1.29, 1.82) is 0 Å². The van der Waals surface area contributed by atoms with E-state index in [2.05, 4.69) is 4.90 Å². The van der Waals surface area contributed by atoms with Gasteiger partial charge in [-0.3, -0.25) is 4.90 Å². The molecular weight excluding hydrogens is 442 g/mol. The van der Waals surface area contributed by atoms with Crippen LogP contribution in [0.15, 0.2) is 54.6 Å². The largest absolute Gasteiger partial charge is 0.497 e. The van der Waals surface area contributed by atoms with Gasteiger partial charge in [0.05, 0.1) is 42.4 Å². The smallest absolute Gasteiger partial charge is 0.227 e. The number of hydrogen-bond donors (Lipinski definition) is 1. The van der Waals surface area contributed by atoms with Crippen molar-refractivity contribution in [3.8, 4) is 23.1 Å². The normalized spacial score (nSPS) is 14.8. The van der Waals surface area contributed by atoms with Crippen LogP contribution in [0.25, 0.3) is 5.69 Å². The first-order chi connectivity index (χ1) is 16.7. The van der Waals surface area contributed by atoms with E-state index in [4.69, 9.17) is 19.3 Å². The zero-order valence-electron chi connectivity index (χ0n) is 21.4. The van der Waals surface area contributed by atoms with Gasteiger partial charge < -0.3 is 19.3 Å². The summed E-state index contributed by atoms with van der Waals surface area (Å²) in [4.78, 5) is 2.33. The molecule has 0 amide bonds. The lowest BCUT2D eigenvalue weighted by Gasteiger charge is -2.27. The van der Waals surface area contributed by atoms with Gasteiger partial charge in [0.15, 0.2) is 0 Å². The number of para-hydroxylation sites is 1. The molecule has 1 heterocycles. The number of benzene rings is 2. The maximum absolute atomic E-state index is 10.7. The van der Waals surface area contributed by atoms with Gasteiger partial charge in [-0.2, -0.15) is 5.10 Å². The van der Waals surface area contributed by atoms with E-state index in [1.807, 2.05) is 87.0 Å². The molecule has 1 fully saturated rings. The minimum Gasteiger partial charge on any atom is -0.497 e. The standard InChI is InChI=1S/C28H37N3O4/c1-20-26(18-30(21-14-15-21)17-23(32)19-34-28(2,3)4)27(31(29-20)22-10-7-6-8-11-22)35-25-13-9-12-24(16-25)33-5/h6-13,16,21,23,32H,14-15,17-19H2,1-5H3. The number of aryl methyl sites for hydroxylation is 1. The Hall–Kier alpha value is -2.87. The zero-order valence-corrected chi connectivity index (χ0v) is 21.4. The van der Waals surface area contributed by atoms with Crippen LogP contribution in [0.5, 0.6) is 17.4 Å². The number of aromatic nitrogens is 2. The highest BCUT2D eigenvalue weighted by molar-refractivity contribution is 5.44. The SMILES string of the molecule is COc1cccc(Oc2c(CN(CC(O)COC(C)(C)C)C3CC3)c(C)nn2-c2ccccc2)c1. The summed E-state index contributed by atoms with van der Waals surface area (Å²) in [5.74, 6) is 2.08. The molecule has 1 saturated carbocycles. The third-order valence-electron chi connectivity index (χ3n) is 5.97. The fourth-order valence-electron chi connectivity index (χ4n) is 4.00. The van der Waals surface area contributed by atoms with E-state index in [9.17, 15) is 5.11 Å². The highest BCUT2D eigenvalue weighted by Crippen LogP contribution is 2.35. The number of methoxy groups -OCH3 is 1. The Kier molecular flexibility index (Phi) is 7.79. The average Bonchev–Trinajstić information content (AvgIpc) is 3.64. The molecule has 1 unspecified atom stereocenters. The lowest BCUT2D eigenvalue weighted by Crippen LogP contribution is -2.38. The van der Waals surface area contributed by atoms with E-state index in [0.29, 0.717) is 37.4 Å². The molecule has 1 atom stereocenters. The first-order valence-electron chi connectivity index (χ1n) is 12.3. The highest BCUT2D eigenvalue weighted by atomic mass is 16.5. The molecule has 1 aliphatic carbocycles. The Morgan fingerprint density at radius 2 is 1.80 bits per heavy atom. The molecule has 7 heteroatoms. The number of ether oxygens (including phenoxy) is 3. The molecule has 4 rings (SSSR count). The van der Waals surface area contributed by atoms with Crippen LogP contribution < -0.4 is 9.47 Å². The summed E-state index contributed by atoms with van der Waals surface area (Å²) < 4.78 is 19.5. The molecule has 0 spiro atoms. The molecule has 0 aliphatic heterocycles. The Balaban J connectivity index is 1.63. The number of rotatable bonds is 11. The van der Waals surface area contributed by atoms with Crippen LogP contribution in [0.4, 0.5) is 0 Å². The summed E-state index contributed by atoms with van der Waals surface area (Å²) in [6.07, 6.45) is 1.69. The second-order valence-electron chi connectivity index (χ2n) is 10.1. The van der Waals surface area contributed by atoms with E-state index in [-0.39, 0.29) is 5.60 Å². The molecule has 35 heavy (non-hydrogen) atoms. The van der Waals surface area contributed by atoms with Crippen LogP contribution >= 0.6 is 0 Å². The quantitative estimate of drug-likeness (QED) is 0.412. The zero-order chi connectivity index (χ0) is 25.0. The van der Waals surface area contributed by atoms with E-state index in [1.165, 1.54) is 0 Å². The topological polar surface area (TPSA) is 69.0 Å². The average molecular weight is 480 g/mol. The Bertz CT molecular complexity index is 1100. The summed E-state index contributed by atoms with van der Waals surface area (Å²) in [5.41, 5.74) is 2.55. The molecular formula is C28H37N3O4. The maximum atomic E-state index is 10.7. The molecule has 2 aromatic carbocycles. The Morgan fingerprint density at radius 1 is 1.09 bits per heavy atom. The van der Waals surface area contributed by atoms with Crippen LogP contribution in [-0.4, -0.2) is 57.8 Å². The van der Waals surface area contributed by atoms with Gasteiger partial charge in [0.2, 0.25) is 5.88 Å². The van der Waals surface area contributed by atoms with Crippen LogP contribution in [0, 0.1) is 6.92 Å². The third-order valence-corrected chi connectivity index (χ3v) is 5.97. The maximum Gasteiger partial charge on any atom is 0.227 e. The number of aliphatic hydroxyl groups is 1. The van der Waals surface area contributed by atoms with Crippen molar-refractivity contribution >= 4 is 0 Å². The highest BCUT2D eigenvalue weighted by Gasteiger charge is 2.33. The van der Waals surface area contributed by atoms with Gasteiger partial charge in [-0.1, -0.05) is 24.3 Å². The second-order valence-corrected chi connectivity index (χ2v) is 10.1. The van der Waals surface area contributed by atoms with Crippen LogP contribution in [-0.2, 0) is 11.3 Å². The molecule has 1 aliphatic rings.